The van der Waals surface area contributed by atoms with E-state index in [1.165, 1.54) is 6.07 Å². The van der Waals surface area contributed by atoms with Crippen molar-refractivity contribution in [2.75, 3.05) is 6.54 Å². The summed E-state index contributed by atoms with van der Waals surface area (Å²) in [5.74, 6) is -1.66. The van der Waals surface area contributed by atoms with Gasteiger partial charge in [0.05, 0.1) is 16.2 Å². The summed E-state index contributed by atoms with van der Waals surface area (Å²) in [6, 6.07) is 9.92. The molecule has 0 aromatic heterocycles. The van der Waals surface area contributed by atoms with Crippen LogP contribution in [0.5, 0.6) is 0 Å². The molecule has 1 atom stereocenters. The van der Waals surface area contributed by atoms with E-state index in [1.807, 2.05) is 0 Å². The number of nitrogens with two attached hydrogens (primary N) is 1. The average molecular weight is 274 g/mol. The zero-order valence-electron chi connectivity index (χ0n) is 10.7. The van der Waals surface area contributed by atoms with E-state index in [9.17, 15) is 14.9 Å². The Kier molecular flexibility index (Phi) is 3.95. The van der Waals surface area contributed by atoms with Crippen LogP contribution in [0.1, 0.15) is 5.56 Å². The first-order chi connectivity index (χ1) is 9.54. The monoisotopic (exact) mass is 274 g/mol. The van der Waals surface area contributed by atoms with Crippen LogP contribution in [-0.4, -0.2) is 22.5 Å². The summed E-state index contributed by atoms with van der Waals surface area (Å²) in [6.45, 7) is 0.0284. The molecule has 0 saturated heterocycles. The summed E-state index contributed by atoms with van der Waals surface area (Å²) in [6.07, 6.45) is 0.254. The lowest BCUT2D eigenvalue weighted by Crippen LogP contribution is -2.25. The molecule has 2 rings (SSSR count). The highest BCUT2D eigenvalue weighted by atomic mass is 16.6. The topological polar surface area (TPSA) is 106 Å². The number of nitrogens with zero attached hydrogens (tertiary/aromatic N) is 1. The maximum Gasteiger partial charge on any atom is 0.308 e. The smallest absolute Gasteiger partial charge is 0.308 e. The fourth-order valence-corrected chi connectivity index (χ4v) is 2.22. The van der Waals surface area contributed by atoms with Crippen molar-refractivity contribution in [3.05, 3.63) is 52.1 Å². The van der Waals surface area contributed by atoms with Gasteiger partial charge in [-0.25, -0.2) is 0 Å². The van der Waals surface area contributed by atoms with Crippen LogP contribution in [0.3, 0.4) is 0 Å². The molecule has 0 unspecified atom stereocenters. The van der Waals surface area contributed by atoms with Crippen molar-refractivity contribution in [2.24, 2.45) is 11.7 Å². The number of fused-ring (bicyclic) bond motifs is 1. The number of carboxylic acids is 1. The van der Waals surface area contributed by atoms with Crippen molar-refractivity contribution in [1.82, 2.24) is 0 Å². The highest BCUT2D eigenvalue weighted by molar-refractivity contribution is 5.93. The van der Waals surface area contributed by atoms with Crippen molar-refractivity contribution in [1.29, 1.82) is 0 Å². The van der Waals surface area contributed by atoms with Crippen LogP contribution in [0.15, 0.2) is 36.4 Å². The lowest BCUT2D eigenvalue weighted by atomic mass is 9.94. The lowest BCUT2D eigenvalue weighted by molar-refractivity contribution is -0.383. The zero-order valence-corrected chi connectivity index (χ0v) is 10.7. The molecule has 0 amide bonds. The molecular weight excluding hydrogens is 260 g/mol. The summed E-state index contributed by atoms with van der Waals surface area (Å²) in [5, 5.41) is 21.3. The number of nitro benzene ring substituents is 1. The van der Waals surface area contributed by atoms with E-state index in [-0.39, 0.29) is 18.7 Å². The number of aliphatic carboxylic acids is 1. The number of rotatable bonds is 5. The van der Waals surface area contributed by atoms with Crippen LogP contribution in [0.4, 0.5) is 5.69 Å². The molecule has 0 aliphatic heterocycles. The SMILES string of the molecule is NC[C@@H](Cc1ccc([N+](=O)[O-])c2ccccc12)C(=O)O. The van der Waals surface area contributed by atoms with E-state index in [4.69, 9.17) is 10.8 Å². The van der Waals surface area contributed by atoms with Gasteiger partial charge in [-0.2, -0.15) is 0 Å². The summed E-state index contributed by atoms with van der Waals surface area (Å²) in [4.78, 5) is 21.6. The number of benzene rings is 2. The summed E-state index contributed by atoms with van der Waals surface area (Å²) in [7, 11) is 0. The van der Waals surface area contributed by atoms with Gasteiger partial charge in [0.25, 0.3) is 5.69 Å². The highest BCUT2D eigenvalue weighted by Crippen LogP contribution is 2.29. The van der Waals surface area contributed by atoms with E-state index in [1.54, 1.807) is 30.3 Å². The van der Waals surface area contributed by atoms with Gasteiger partial charge in [-0.05, 0) is 23.4 Å². The van der Waals surface area contributed by atoms with Crippen molar-refractivity contribution in [2.45, 2.75) is 6.42 Å². The van der Waals surface area contributed by atoms with Crippen LogP contribution in [0.2, 0.25) is 0 Å². The Morgan fingerprint density at radius 1 is 1.25 bits per heavy atom. The van der Waals surface area contributed by atoms with E-state index in [2.05, 4.69) is 0 Å². The molecule has 3 N–H and O–H groups in total. The summed E-state index contributed by atoms with van der Waals surface area (Å²) in [5.41, 5.74) is 6.23. The normalized spacial score (nSPS) is 12.2. The first-order valence-corrected chi connectivity index (χ1v) is 6.12. The second kappa shape index (κ2) is 5.66. The number of non-ortho nitro benzene ring substituents is 1. The predicted molar refractivity (Wildman–Crippen MR) is 74.5 cm³/mol. The van der Waals surface area contributed by atoms with Gasteiger partial charge in [0.1, 0.15) is 0 Å². The second-order valence-electron chi connectivity index (χ2n) is 4.52. The molecular formula is C14H14N2O4. The highest BCUT2D eigenvalue weighted by Gasteiger charge is 2.19. The van der Waals surface area contributed by atoms with Gasteiger partial charge in [-0.15, -0.1) is 0 Å². The summed E-state index contributed by atoms with van der Waals surface area (Å²) < 4.78 is 0. The number of hydrogen-bond donors (Lipinski definition) is 2. The third-order valence-corrected chi connectivity index (χ3v) is 3.29. The maximum atomic E-state index is 11.1. The van der Waals surface area contributed by atoms with Gasteiger partial charge in [0.2, 0.25) is 0 Å². The molecule has 6 nitrogen and oxygen atoms in total. The Morgan fingerprint density at radius 2 is 1.90 bits per heavy atom. The molecule has 0 saturated carbocycles. The Morgan fingerprint density at radius 3 is 2.45 bits per heavy atom. The van der Waals surface area contributed by atoms with Crippen LogP contribution < -0.4 is 5.73 Å². The largest absolute Gasteiger partial charge is 0.481 e. The minimum atomic E-state index is -0.963. The standard InChI is InChI=1S/C14H14N2O4/c15-8-10(14(17)18)7-9-5-6-13(16(19)20)12-4-2-1-3-11(9)12/h1-6,10H,7-8,15H2,(H,17,18)/t10-/m1/s1. The van der Waals surface area contributed by atoms with E-state index >= 15 is 0 Å². The third-order valence-electron chi connectivity index (χ3n) is 3.29. The molecule has 0 bridgehead atoms. The molecule has 0 fully saturated rings. The Bertz CT molecular complexity index is 669. The van der Waals surface area contributed by atoms with E-state index < -0.39 is 16.8 Å². The Hall–Kier alpha value is -2.47. The molecule has 104 valence electrons. The molecule has 0 aliphatic carbocycles. The second-order valence-corrected chi connectivity index (χ2v) is 4.52. The fraction of sp³-hybridized carbons (Fsp3) is 0.214. The zero-order chi connectivity index (χ0) is 14.7. The van der Waals surface area contributed by atoms with Crippen LogP contribution >= 0.6 is 0 Å². The molecule has 0 heterocycles. The molecule has 0 radical (unpaired) electrons. The number of nitro groups is 1. The molecule has 20 heavy (non-hydrogen) atoms. The van der Waals surface area contributed by atoms with E-state index in [0.717, 1.165) is 5.56 Å². The first-order valence-electron chi connectivity index (χ1n) is 6.12. The van der Waals surface area contributed by atoms with Gasteiger partial charge >= 0.3 is 5.97 Å². The van der Waals surface area contributed by atoms with Crippen molar-refractivity contribution < 1.29 is 14.8 Å². The van der Waals surface area contributed by atoms with Crippen molar-refractivity contribution >= 4 is 22.4 Å². The predicted octanol–water partition coefficient (Wildman–Crippen LogP) is 1.95. The first kappa shape index (κ1) is 14.0. The van der Waals surface area contributed by atoms with Crippen LogP contribution in [-0.2, 0) is 11.2 Å². The Labute approximate surface area is 115 Å². The van der Waals surface area contributed by atoms with Crippen molar-refractivity contribution in [3.63, 3.8) is 0 Å². The summed E-state index contributed by atoms with van der Waals surface area (Å²) >= 11 is 0. The van der Waals surface area contributed by atoms with Crippen LogP contribution in [0, 0.1) is 16.0 Å². The maximum absolute atomic E-state index is 11.1. The van der Waals surface area contributed by atoms with Crippen LogP contribution in [0.25, 0.3) is 10.8 Å². The minimum Gasteiger partial charge on any atom is -0.481 e. The number of carboxylic acid groups (broad SMARTS) is 1. The van der Waals surface area contributed by atoms with E-state index in [0.29, 0.717) is 10.8 Å². The Balaban J connectivity index is 2.53. The van der Waals surface area contributed by atoms with Crippen molar-refractivity contribution in [3.8, 4) is 0 Å². The van der Waals surface area contributed by atoms with Gasteiger partial charge in [0.15, 0.2) is 0 Å². The molecule has 2 aromatic carbocycles. The molecule has 0 spiro atoms. The number of hydrogen-bond acceptors (Lipinski definition) is 4. The lowest BCUT2D eigenvalue weighted by Gasteiger charge is -2.12. The van der Waals surface area contributed by atoms with Gasteiger partial charge < -0.3 is 10.8 Å². The average Bonchev–Trinajstić information content (AvgIpc) is 2.43. The molecule has 2 aromatic rings. The van der Waals surface area contributed by atoms with Gasteiger partial charge in [0, 0.05) is 12.6 Å². The molecule has 0 aliphatic rings. The van der Waals surface area contributed by atoms with Gasteiger partial charge in [-0.1, -0.05) is 24.3 Å². The quantitative estimate of drug-likeness (QED) is 0.640. The fourth-order valence-electron chi connectivity index (χ4n) is 2.22. The third kappa shape index (κ3) is 2.60. The number of carbonyl (C=O) groups is 1. The molecule has 6 heteroatoms. The minimum absolute atomic E-state index is 0.0176. The van der Waals surface area contributed by atoms with Gasteiger partial charge in [-0.3, -0.25) is 14.9 Å².